The van der Waals surface area contributed by atoms with Crippen LogP contribution in [0.25, 0.3) is 0 Å². The van der Waals surface area contributed by atoms with Crippen molar-refractivity contribution in [1.82, 2.24) is 0 Å². The van der Waals surface area contributed by atoms with Gasteiger partial charge < -0.3 is 9.47 Å². The molecule has 0 aromatic heterocycles. The standard InChI is InChI=1S/C10H20O3/c1-5-6-7-9(12-4)10(11)13-8(2)3/h8-9H,5-7H2,1-4H3. The summed E-state index contributed by atoms with van der Waals surface area (Å²) in [6.45, 7) is 5.76. The molecular weight excluding hydrogens is 168 g/mol. The van der Waals surface area contributed by atoms with Crippen LogP contribution in [0.1, 0.15) is 40.0 Å². The molecule has 3 heteroatoms. The van der Waals surface area contributed by atoms with E-state index in [1.165, 1.54) is 0 Å². The maximum absolute atomic E-state index is 11.3. The number of unbranched alkanes of at least 4 members (excludes halogenated alkanes) is 1. The van der Waals surface area contributed by atoms with E-state index >= 15 is 0 Å². The van der Waals surface area contributed by atoms with Crippen LogP contribution in [0.3, 0.4) is 0 Å². The monoisotopic (exact) mass is 188 g/mol. The third kappa shape index (κ3) is 5.64. The predicted octanol–water partition coefficient (Wildman–Crippen LogP) is 2.14. The van der Waals surface area contributed by atoms with Gasteiger partial charge in [-0.1, -0.05) is 19.8 Å². The van der Waals surface area contributed by atoms with Crippen molar-refractivity contribution >= 4 is 5.97 Å². The largest absolute Gasteiger partial charge is 0.461 e. The van der Waals surface area contributed by atoms with Gasteiger partial charge in [-0.25, -0.2) is 4.79 Å². The van der Waals surface area contributed by atoms with Crippen LogP contribution in [0.5, 0.6) is 0 Å². The van der Waals surface area contributed by atoms with E-state index in [0.717, 1.165) is 19.3 Å². The number of rotatable bonds is 6. The highest BCUT2D eigenvalue weighted by molar-refractivity contribution is 5.74. The molecule has 13 heavy (non-hydrogen) atoms. The Morgan fingerprint density at radius 3 is 2.38 bits per heavy atom. The van der Waals surface area contributed by atoms with E-state index in [0.29, 0.717) is 0 Å². The average Bonchev–Trinajstić information content (AvgIpc) is 2.04. The summed E-state index contributed by atoms with van der Waals surface area (Å²) in [4.78, 5) is 11.3. The molecular formula is C10H20O3. The number of methoxy groups -OCH3 is 1. The lowest BCUT2D eigenvalue weighted by Crippen LogP contribution is -2.27. The van der Waals surface area contributed by atoms with Crippen LogP contribution in [0, 0.1) is 0 Å². The molecule has 0 rings (SSSR count). The second-order valence-corrected chi connectivity index (χ2v) is 3.35. The van der Waals surface area contributed by atoms with Gasteiger partial charge in [0.05, 0.1) is 6.10 Å². The minimum Gasteiger partial charge on any atom is -0.461 e. The fourth-order valence-electron chi connectivity index (χ4n) is 1.03. The van der Waals surface area contributed by atoms with Crippen LogP contribution in [0.15, 0.2) is 0 Å². The fraction of sp³-hybridized carbons (Fsp3) is 0.900. The zero-order chi connectivity index (χ0) is 10.3. The minimum atomic E-state index is -0.387. The van der Waals surface area contributed by atoms with E-state index in [9.17, 15) is 4.79 Å². The zero-order valence-electron chi connectivity index (χ0n) is 9.00. The van der Waals surface area contributed by atoms with Crippen LogP contribution in [-0.2, 0) is 14.3 Å². The van der Waals surface area contributed by atoms with Gasteiger partial charge in [-0.15, -0.1) is 0 Å². The molecule has 0 saturated heterocycles. The molecule has 0 aromatic rings. The van der Waals surface area contributed by atoms with Crippen molar-refractivity contribution in [2.24, 2.45) is 0 Å². The molecule has 0 radical (unpaired) electrons. The number of carbonyl (C=O) groups is 1. The predicted molar refractivity (Wildman–Crippen MR) is 51.6 cm³/mol. The van der Waals surface area contributed by atoms with Gasteiger partial charge in [-0.05, 0) is 20.3 Å². The molecule has 0 N–H and O–H groups in total. The summed E-state index contributed by atoms with van der Waals surface area (Å²) in [5, 5.41) is 0. The first kappa shape index (κ1) is 12.4. The summed E-state index contributed by atoms with van der Waals surface area (Å²) < 4.78 is 10.1. The maximum atomic E-state index is 11.3. The van der Waals surface area contributed by atoms with Crippen LogP contribution >= 0.6 is 0 Å². The van der Waals surface area contributed by atoms with Crippen molar-refractivity contribution in [3.05, 3.63) is 0 Å². The highest BCUT2D eigenvalue weighted by Gasteiger charge is 2.19. The Morgan fingerprint density at radius 1 is 1.38 bits per heavy atom. The van der Waals surface area contributed by atoms with Crippen LogP contribution < -0.4 is 0 Å². The van der Waals surface area contributed by atoms with Gasteiger partial charge in [0, 0.05) is 7.11 Å². The molecule has 0 aliphatic heterocycles. The third-order valence-electron chi connectivity index (χ3n) is 1.72. The molecule has 0 amide bonds. The number of ether oxygens (including phenoxy) is 2. The Morgan fingerprint density at radius 2 is 2.00 bits per heavy atom. The van der Waals surface area contributed by atoms with Crippen molar-refractivity contribution in [3.63, 3.8) is 0 Å². The number of esters is 1. The Kier molecular flexibility index (Phi) is 6.59. The summed E-state index contributed by atoms with van der Waals surface area (Å²) in [7, 11) is 1.54. The molecule has 0 saturated carbocycles. The lowest BCUT2D eigenvalue weighted by molar-refractivity contribution is -0.159. The highest BCUT2D eigenvalue weighted by atomic mass is 16.6. The summed E-state index contributed by atoms with van der Waals surface area (Å²) >= 11 is 0. The molecule has 0 fully saturated rings. The topological polar surface area (TPSA) is 35.5 Å². The van der Waals surface area contributed by atoms with Crippen LogP contribution in [0.4, 0.5) is 0 Å². The first-order chi connectivity index (χ1) is 6.11. The average molecular weight is 188 g/mol. The van der Waals surface area contributed by atoms with E-state index in [-0.39, 0.29) is 18.2 Å². The van der Waals surface area contributed by atoms with E-state index < -0.39 is 0 Å². The second kappa shape index (κ2) is 6.89. The third-order valence-corrected chi connectivity index (χ3v) is 1.72. The molecule has 0 bridgehead atoms. The Bertz CT molecular complexity index is 143. The van der Waals surface area contributed by atoms with Gasteiger partial charge in [0.15, 0.2) is 6.10 Å². The lowest BCUT2D eigenvalue weighted by Gasteiger charge is -2.15. The highest BCUT2D eigenvalue weighted by Crippen LogP contribution is 2.07. The SMILES string of the molecule is CCCCC(OC)C(=O)OC(C)C. The summed E-state index contributed by atoms with van der Waals surface area (Å²) in [6.07, 6.45) is 2.35. The Hall–Kier alpha value is -0.570. The number of carbonyl (C=O) groups excluding carboxylic acids is 1. The van der Waals surface area contributed by atoms with Gasteiger partial charge >= 0.3 is 5.97 Å². The Labute approximate surface area is 80.4 Å². The molecule has 78 valence electrons. The number of hydrogen-bond donors (Lipinski definition) is 0. The van der Waals surface area contributed by atoms with Crippen molar-refractivity contribution in [2.75, 3.05) is 7.11 Å². The van der Waals surface area contributed by atoms with Gasteiger partial charge in [0.2, 0.25) is 0 Å². The second-order valence-electron chi connectivity index (χ2n) is 3.35. The molecule has 0 aromatic carbocycles. The van der Waals surface area contributed by atoms with Crippen LogP contribution in [-0.4, -0.2) is 25.3 Å². The molecule has 1 unspecified atom stereocenters. The van der Waals surface area contributed by atoms with Gasteiger partial charge in [-0.2, -0.15) is 0 Å². The van der Waals surface area contributed by atoms with Gasteiger partial charge in [0.25, 0.3) is 0 Å². The lowest BCUT2D eigenvalue weighted by atomic mass is 10.1. The van der Waals surface area contributed by atoms with E-state index in [1.54, 1.807) is 7.11 Å². The summed E-state index contributed by atoms with van der Waals surface area (Å²) in [5.41, 5.74) is 0. The number of hydrogen-bond acceptors (Lipinski definition) is 3. The van der Waals surface area contributed by atoms with Crippen molar-refractivity contribution in [3.8, 4) is 0 Å². The Balaban J connectivity index is 3.84. The molecule has 3 nitrogen and oxygen atoms in total. The van der Waals surface area contributed by atoms with Crippen LogP contribution in [0.2, 0.25) is 0 Å². The van der Waals surface area contributed by atoms with Gasteiger partial charge in [-0.3, -0.25) is 0 Å². The summed E-state index contributed by atoms with van der Waals surface area (Å²) in [6, 6.07) is 0. The molecule has 0 aliphatic rings. The van der Waals surface area contributed by atoms with E-state index in [2.05, 4.69) is 6.92 Å². The first-order valence-corrected chi connectivity index (χ1v) is 4.85. The van der Waals surface area contributed by atoms with Gasteiger partial charge in [0.1, 0.15) is 0 Å². The minimum absolute atomic E-state index is 0.0632. The molecule has 1 atom stereocenters. The molecule has 0 aliphatic carbocycles. The quantitative estimate of drug-likeness (QED) is 0.599. The van der Waals surface area contributed by atoms with E-state index in [4.69, 9.17) is 9.47 Å². The van der Waals surface area contributed by atoms with E-state index in [1.807, 2.05) is 13.8 Å². The first-order valence-electron chi connectivity index (χ1n) is 4.85. The zero-order valence-corrected chi connectivity index (χ0v) is 9.00. The molecule has 0 spiro atoms. The fourth-order valence-corrected chi connectivity index (χ4v) is 1.03. The summed E-state index contributed by atoms with van der Waals surface area (Å²) in [5.74, 6) is -0.244. The van der Waals surface area contributed by atoms with Crippen molar-refractivity contribution < 1.29 is 14.3 Å². The normalized spacial score (nSPS) is 13.0. The molecule has 0 heterocycles. The smallest absolute Gasteiger partial charge is 0.335 e. The van der Waals surface area contributed by atoms with Crippen molar-refractivity contribution in [2.45, 2.75) is 52.2 Å². The van der Waals surface area contributed by atoms with Crippen molar-refractivity contribution in [1.29, 1.82) is 0 Å². The maximum Gasteiger partial charge on any atom is 0.335 e.